The summed E-state index contributed by atoms with van der Waals surface area (Å²) >= 11 is 0. The van der Waals surface area contributed by atoms with Crippen LogP contribution in [0, 0.1) is 0 Å². The number of esters is 1. The standard InChI is InChI=1S/C13H25BO4/c1-7-10(9-11(15)16-8-2)14-17-12(3,4)13(5,6)18-14/h10H,7-9H2,1-6H3/t10-/m1/s1. The van der Waals surface area contributed by atoms with Crippen LogP contribution in [0.5, 0.6) is 0 Å². The van der Waals surface area contributed by atoms with Crippen molar-refractivity contribution in [2.24, 2.45) is 0 Å². The number of rotatable bonds is 5. The molecule has 5 heteroatoms. The quantitative estimate of drug-likeness (QED) is 0.560. The Morgan fingerprint density at radius 1 is 1.17 bits per heavy atom. The normalized spacial score (nSPS) is 22.9. The van der Waals surface area contributed by atoms with Crippen LogP contribution in [0.4, 0.5) is 0 Å². The van der Waals surface area contributed by atoms with Crippen LogP contribution in [-0.4, -0.2) is 30.9 Å². The number of carbonyl (C=O) groups excluding carboxylic acids is 1. The number of hydrogen-bond donors (Lipinski definition) is 0. The van der Waals surface area contributed by atoms with Crippen molar-refractivity contribution >= 4 is 13.1 Å². The summed E-state index contributed by atoms with van der Waals surface area (Å²) in [5.41, 5.74) is -0.695. The first-order valence-electron chi connectivity index (χ1n) is 6.74. The van der Waals surface area contributed by atoms with Gasteiger partial charge in [-0.1, -0.05) is 13.3 Å². The van der Waals surface area contributed by atoms with Crippen LogP contribution in [0.2, 0.25) is 5.82 Å². The van der Waals surface area contributed by atoms with Gasteiger partial charge in [-0.3, -0.25) is 4.79 Å². The van der Waals surface area contributed by atoms with E-state index in [1.807, 2.05) is 41.5 Å². The predicted molar refractivity (Wildman–Crippen MR) is 71.4 cm³/mol. The van der Waals surface area contributed by atoms with Gasteiger partial charge < -0.3 is 14.0 Å². The fraction of sp³-hybridized carbons (Fsp3) is 0.923. The van der Waals surface area contributed by atoms with E-state index in [0.29, 0.717) is 13.0 Å². The summed E-state index contributed by atoms with van der Waals surface area (Å²) in [5.74, 6) is -0.135. The molecule has 0 radical (unpaired) electrons. The molecule has 1 rings (SSSR count). The lowest BCUT2D eigenvalue weighted by Gasteiger charge is -2.32. The Kier molecular flexibility index (Phi) is 4.84. The van der Waals surface area contributed by atoms with E-state index in [0.717, 1.165) is 6.42 Å². The molecule has 18 heavy (non-hydrogen) atoms. The van der Waals surface area contributed by atoms with Gasteiger partial charge in [-0.25, -0.2) is 0 Å². The molecule has 0 spiro atoms. The number of ether oxygens (including phenoxy) is 1. The molecule has 0 aliphatic carbocycles. The molecule has 0 aromatic rings. The lowest BCUT2D eigenvalue weighted by Crippen LogP contribution is -2.41. The Bertz CT molecular complexity index is 285. The van der Waals surface area contributed by atoms with Crippen molar-refractivity contribution in [3.63, 3.8) is 0 Å². The Balaban J connectivity index is 2.66. The van der Waals surface area contributed by atoms with E-state index in [1.54, 1.807) is 0 Å². The first kappa shape index (κ1) is 15.5. The summed E-state index contributed by atoms with van der Waals surface area (Å²) < 4.78 is 16.9. The van der Waals surface area contributed by atoms with Crippen molar-refractivity contribution in [1.29, 1.82) is 0 Å². The van der Waals surface area contributed by atoms with E-state index < -0.39 is 0 Å². The molecule has 0 aromatic carbocycles. The van der Waals surface area contributed by atoms with Crippen molar-refractivity contribution in [2.45, 2.75) is 71.4 Å². The molecule has 1 atom stereocenters. The lowest BCUT2D eigenvalue weighted by atomic mass is 9.68. The molecule has 0 saturated carbocycles. The Labute approximate surface area is 111 Å². The van der Waals surface area contributed by atoms with Crippen LogP contribution in [0.25, 0.3) is 0 Å². The molecular formula is C13H25BO4. The van der Waals surface area contributed by atoms with Crippen molar-refractivity contribution in [2.75, 3.05) is 6.61 Å². The minimum absolute atomic E-state index is 0.0464. The Morgan fingerprint density at radius 3 is 2.06 bits per heavy atom. The van der Waals surface area contributed by atoms with E-state index in [9.17, 15) is 4.79 Å². The van der Waals surface area contributed by atoms with Crippen LogP contribution in [-0.2, 0) is 18.8 Å². The minimum atomic E-state index is -0.347. The van der Waals surface area contributed by atoms with Gasteiger partial charge in [0.05, 0.1) is 17.8 Å². The number of carbonyl (C=O) groups is 1. The molecule has 1 aliphatic rings. The third-order valence-corrected chi connectivity index (χ3v) is 3.91. The highest BCUT2D eigenvalue weighted by atomic mass is 16.7. The Hall–Kier alpha value is -0.545. The zero-order chi connectivity index (χ0) is 14.0. The van der Waals surface area contributed by atoms with Gasteiger partial charge in [-0.2, -0.15) is 0 Å². The molecule has 1 heterocycles. The molecule has 1 fully saturated rings. The Morgan fingerprint density at radius 2 is 1.67 bits per heavy atom. The fourth-order valence-electron chi connectivity index (χ4n) is 1.95. The maximum Gasteiger partial charge on any atom is 0.461 e. The van der Waals surface area contributed by atoms with Gasteiger partial charge in [0.25, 0.3) is 0 Å². The molecule has 0 unspecified atom stereocenters. The average molecular weight is 256 g/mol. The summed E-state index contributed by atoms with van der Waals surface area (Å²) in [7, 11) is -0.329. The maximum atomic E-state index is 11.6. The van der Waals surface area contributed by atoms with Gasteiger partial charge in [0.1, 0.15) is 0 Å². The maximum absolute atomic E-state index is 11.6. The second kappa shape index (κ2) is 5.62. The molecule has 1 saturated heterocycles. The molecule has 0 aromatic heterocycles. The highest BCUT2D eigenvalue weighted by Crippen LogP contribution is 2.41. The largest absolute Gasteiger partial charge is 0.466 e. The minimum Gasteiger partial charge on any atom is -0.466 e. The summed E-state index contributed by atoms with van der Waals surface area (Å²) in [6, 6.07) is 0. The van der Waals surface area contributed by atoms with Crippen molar-refractivity contribution < 1.29 is 18.8 Å². The smallest absolute Gasteiger partial charge is 0.461 e. The van der Waals surface area contributed by atoms with Gasteiger partial charge in [0.2, 0.25) is 0 Å². The number of hydrogen-bond acceptors (Lipinski definition) is 4. The third-order valence-electron chi connectivity index (χ3n) is 3.91. The van der Waals surface area contributed by atoms with Crippen LogP contribution in [0.3, 0.4) is 0 Å². The fourth-order valence-corrected chi connectivity index (χ4v) is 1.95. The first-order valence-corrected chi connectivity index (χ1v) is 6.74. The first-order chi connectivity index (χ1) is 8.23. The van der Waals surface area contributed by atoms with Gasteiger partial charge in [-0.15, -0.1) is 0 Å². The highest BCUT2D eigenvalue weighted by molar-refractivity contribution is 6.47. The zero-order valence-electron chi connectivity index (χ0n) is 12.4. The van der Waals surface area contributed by atoms with Gasteiger partial charge >= 0.3 is 13.1 Å². The summed E-state index contributed by atoms with van der Waals surface area (Å²) in [5, 5.41) is 0. The van der Waals surface area contributed by atoms with Gasteiger partial charge in [-0.05, 0) is 34.6 Å². The molecule has 4 nitrogen and oxygen atoms in total. The van der Waals surface area contributed by atoms with Crippen LogP contribution < -0.4 is 0 Å². The molecular weight excluding hydrogens is 231 g/mol. The molecule has 0 bridgehead atoms. The average Bonchev–Trinajstić information content (AvgIpc) is 2.45. The van der Waals surface area contributed by atoms with Crippen molar-refractivity contribution in [3.8, 4) is 0 Å². The SMILES string of the molecule is CCOC(=O)C[C@@H](CC)B1OC(C)(C)C(C)(C)O1. The van der Waals surface area contributed by atoms with Crippen molar-refractivity contribution in [3.05, 3.63) is 0 Å². The lowest BCUT2D eigenvalue weighted by molar-refractivity contribution is -0.143. The summed E-state index contributed by atoms with van der Waals surface area (Å²) in [6.45, 7) is 12.3. The topological polar surface area (TPSA) is 44.8 Å². The van der Waals surface area contributed by atoms with Crippen LogP contribution in [0.1, 0.15) is 54.4 Å². The van der Waals surface area contributed by atoms with Gasteiger partial charge in [0, 0.05) is 12.2 Å². The van der Waals surface area contributed by atoms with Gasteiger partial charge in [0.15, 0.2) is 0 Å². The van der Waals surface area contributed by atoms with Crippen LogP contribution >= 0.6 is 0 Å². The van der Waals surface area contributed by atoms with E-state index in [4.69, 9.17) is 14.0 Å². The highest BCUT2D eigenvalue weighted by Gasteiger charge is 2.53. The van der Waals surface area contributed by atoms with E-state index in [-0.39, 0.29) is 30.1 Å². The van der Waals surface area contributed by atoms with E-state index in [1.165, 1.54) is 0 Å². The second-order valence-corrected chi connectivity index (χ2v) is 5.80. The van der Waals surface area contributed by atoms with E-state index >= 15 is 0 Å². The molecule has 104 valence electrons. The molecule has 1 aliphatic heterocycles. The van der Waals surface area contributed by atoms with Crippen molar-refractivity contribution in [1.82, 2.24) is 0 Å². The third kappa shape index (κ3) is 3.26. The predicted octanol–water partition coefficient (Wildman–Crippen LogP) is 2.81. The second-order valence-electron chi connectivity index (χ2n) is 5.80. The summed E-state index contributed by atoms with van der Waals surface area (Å²) in [4.78, 5) is 11.6. The van der Waals surface area contributed by atoms with Crippen LogP contribution in [0.15, 0.2) is 0 Å². The summed E-state index contributed by atoms with van der Waals surface area (Å²) in [6.07, 6.45) is 1.18. The molecule has 0 amide bonds. The zero-order valence-corrected chi connectivity index (χ0v) is 12.4. The monoisotopic (exact) mass is 256 g/mol. The molecule has 0 N–H and O–H groups in total. The van der Waals surface area contributed by atoms with E-state index in [2.05, 4.69) is 0 Å².